The standard InChI is InChI=1S/C26H33N3O4/c1-31-25-16-21(6-9-23(25)32-15-14-28-12-10-20(27)17-28)29-13-11-24(26(29)30)33-22-7-4-19(5-8-22)18-2-3-18/h4-9,16,18,20,24H,2-3,10-15,17,27H2,1H3/t20-,24-/m0/s1. The van der Waals surface area contributed by atoms with E-state index in [-0.39, 0.29) is 11.9 Å². The monoisotopic (exact) mass is 451 g/mol. The lowest BCUT2D eigenvalue weighted by atomic mass is 10.1. The maximum atomic E-state index is 13.0. The van der Waals surface area contributed by atoms with Crippen molar-refractivity contribution in [2.24, 2.45) is 5.73 Å². The number of nitrogens with zero attached hydrogens (tertiary/aromatic N) is 2. The van der Waals surface area contributed by atoms with Crippen LogP contribution in [0.25, 0.3) is 0 Å². The van der Waals surface area contributed by atoms with E-state index < -0.39 is 6.10 Å². The Bertz CT molecular complexity index is 976. The third-order valence-corrected chi connectivity index (χ3v) is 6.80. The summed E-state index contributed by atoms with van der Waals surface area (Å²) in [6, 6.07) is 14.1. The molecule has 33 heavy (non-hydrogen) atoms. The number of anilines is 1. The molecule has 2 aliphatic heterocycles. The van der Waals surface area contributed by atoms with Gasteiger partial charge in [-0.15, -0.1) is 0 Å². The van der Waals surface area contributed by atoms with Gasteiger partial charge in [0.1, 0.15) is 12.4 Å². The van der Waals surface area contributed by atoms with Crippen LogP contribution in [0.5, 0.6) is 17.2 Å². The van der Waals surface area contributed by atoms with Crippen molar-refractivity contribution in [3.63, 3.8) is 0 Å². The van der Waals surface area contributed by atoms with Crippen LogP contribution in [-0.4, -0.2) is 62.8 Å². The fourth-order valence-electron chi connectivity index (χ4n) is 4.71. The Labute approximate surface area is 195 Å². The van der Waals surface area contributed by atoms with Crippen LogP contribution < -0.4 is 24.8 Å². The fourth-order valence-corrected chi connectivity index (χ4v) is 4.71. The summed E-state index contributed by atoms with van der Waals surface area (Å²) in [4.78, 5) is 17.1. The van der Waals surface area contributed by atoms with Gasteiger partial charge in [0.25, 0.3) is 5.91 Å². The summed E-state index contributed by atoms with van der Waals surface area (Å²) in [7, 11) is 1.62. The summed E-state index contributed by atoms with van der Waals surface area (Å²) >= 11 is 0. The SMILES string of the molecule is COc1cc(N2CC[C@H](Oc3ccc(C4CC4)cc3)C2=O)ccc1OCCN1CC[C@H](N)C1. The van der Waals surface area contributed by atoms with Crippen LogP contribution in [0.4, 0.5) is 5.69 Å². The minimum absolute atomic E-state index is 0.0256. The van der Waals surface area contributed by atoms with Crippen molar-refractivity contribution in [1.82, 2.24) is 4.90 Å². The average Bonchev–Trinajstić information content (AvgIpc) is 3.51. The van der Waals surface area contributed by atoms with Crippen molar-refractivity contribution in [2.45, 2.75) is 43.7 Å². The van der Waals surface area contributed by atoms with Crippen LogP contribution in [-0.2, 0) is 4.79 Å². The van der Waals surface area contributed by atoms with Gasteiger partial charge in [0.15, 0.2) is 17.6 Å². The summed E-state index contributed by atoms with van der Waals surface area (Å²) in [5, 5.41) is 0. The predicted octanol–water partition coefficient (Wildman–Crippen LogP) is 3.17. The molecule has 176 valence electrons. The molecule has 2 aromatic rings. The Hall–Kier alpha value is -2.77. The number of nitrogens with two attached hydrogens (primary N) is 1. The molecule has 2 saturated heterocycles. The lowest BCUT2D eigenvalue weighted by Crippen LogP contribution is -2.32. The number of carbonyl (C=O) groups excluding carboxylic acids is 1. The molecule has 7 nitrogen and oxygen atoms in total. The Morgan fingerprint density at radius 1 is 1.00 bits per heavy atom. The molecule has 2 N–H and O–H groups in total. The number of ether oxygens (including phenoxy) is 3. The van der Waals surface area contributed by atoms with Crippen molar-refractivity contribution in [2.75, 3.05) is 44.8 Å². The summed E-state index contributed by atoms with van der Waals surface area (Å²) in [6.45, 7) is 3.96. The highest BCUT2D eigenvalue weighted by molar-refractivity contribution is 5.99. The molecule has 3 fully saturated rings. The number of likely N-dealkylation sites (tertiary alicyclic amines) is 1. The third kappa shape index (κ3) is 5.09. The average molecular weight is 452 g/mol. The van der Waals surface area contributed by atoms with E-state index in [1.807, 2.05) is 30.3 Å². The molecule has 0 bridgehead atoms. The van der Waals surface area contributed by atoms with Gasteiger partial charge in [-0.1, -0.05) is 12.1 Å². The van der Waals surface area contributed by atoms with Gasteiger partial charge in [0.05, 0.1) is 7.11 Å². The first-order chi connectivity index (χ1) is 16.1. The summed E-state index contributed by atoms with van der Waals surface area (Å²) in [5.41, 5.74) is 8.13. The van der Waals surface area contributed by atoms with Gasteiger partial charge in [-0.05, 0) is 61.6 Å². The van der Waals surface area contributed by atoms with E-state index in [9.17, 15) is 4.79 Å². The minimum Gasteiger partial charge on any atom is -0.493 e. The molecular formula is C26H33N3O4. The van der Waals surface area contributed by atoms with E-state index in [1.54, 1.807) is 12.0 Å². The Balaban J connectivity index is 1.18. The fraction of sp³-hybridized carbons (Fsp3) is 0.500. The van der Waals surface area contributed by atoms with Gasteiger partial charge >= 0.3 is 0 Å². The van der Waals surface area contributed by atoms with Crippen molar-refractivity contribution in [3.8, 4) is 17.2 Å². The molecule has 0 aromatic heterocycles. The van der Waals surface area contributed by atoms with E-state index in [0.29, 0.717) is 37.0 Å². The largest absolute Gasteiger partial charge is 0.493 e. The molecule has 0 spiro atoms. The van der Waals surface area contributed by atoms with Crippen molar-refractivity contribution >= 4 is 11.6 Å². The lowest BCUT2D eigenvalue weighted by molar-refractivity contribution is -0.122. The second-order valence-electron chi connectivity index (χ2n) is 9.26. The molecule has 0 radical (unpaired) electrons. The van der Waals surface area contributed by atoms with Gasteiger partial charge in [-0.25, -0.2) is 0 Å². The van der Waals surface area contributed by atoms with Gasteiger partial charge in [-0.3, -0.25) is 9.69 Å². The van der Waals surface area contributed by atoms with Crippen molar-refractivity contribution in [1.29, 1.82) is 0 Å². The van der Waals surface area contributed by atoms with E-state index in [1.165, 1.54) is 18.4 Å². The Morgan fingerprint density at radius 2 is 1.82 bits per heavy atom. The summed E-state index contributed by atoms with van der Waals surface area (Å²) < 4.78 is 17.5. The first-order valence-electron chi connectivity index (χ1n) is 12.0. The third-order valence-electron chi connectivity index (χ3n) is 6.80. The zero-order chi connectivity index (χ0) is 22.8. The number of carbonyl (C=O) groups is 1. The maximum Gasteiger partial charge on any atom is 0.268 e. The predicted molar refractivity (Wildman–Crippen MR) is 127 cm³/mol. The smallest absolute Gasteiger partial charge is 0.268 e. The van der Waals surface area contributed by atoms with E-state index in [2.05, 4.69) is 17.0 Å². The Kier molecular flexibility index (Phi) is 6.42. The molecule has 2 heterocycles. The molecule has 1 saturated carbocycles. The molecule has 3 aliphatic rings. The summed E-state index contributed by atoms with van der Waals surface area (Å²) in [5.74, 6) is 2.74. The van der Waals surface area contributed by atoms with Crippen LogP contribution >= 0.6 is 0 Å². The number of methoxy groups -OCH3 is 1. The first kappa shape index (κ1) is 22.0. The van der Waals surface area contributed by atoms with Crippen LogP contribution in [0, 0.1) is 0 Å². The molecule has 1 amide bonds. The normalized spacial score (nSPS) is 23.2. The highest BCUT2D eigenvalue weighted by atomic mass is 16.5. The quantitative estimate of drug-likeness (QED) is 0.631. The van der Waals surface area contributed by atoms with Gasteiger partial charge < -0.3 is 24.8 Å². The van der Waals surface area contributed by atoms with Crippen LogP contribution in [0.15, 0.2) is 42.5 Å². The van der Waals surface area contributed by atoms with Crippen LogP contribution in [0.2, 0.25) is 0 Å². The second kappa shape index (κ2) is 9.61. The molecule has 1 aliphatic carbocycles. The molecule has 2 aromatic carbocycles. The first-order valence-corrected chi connectivity index (χ1v) is 12.0. The second-order valence-corrected chi connectivity index (χ2v) is 9.26. The zero-order valence-electron chi connectivity index (χ0n) is 19.2. The highest BCUT2D eigenvalue weighted by Gasteiger charge is 2.35. The maximum absolute atomic E-state index is 13.0. The lowest BCUT2D eigenvalue weighted by Gasteiger charge is -2.20. The molecule has 7 heteroatoms. The van der Waals surface area contributed by atoms with Crippen molar-refractivity contribution in [3.05, 3.63) is 48.0 Å². The summed E-state index contributed by atoms with van der Waals surface area (Å²) in [6.07, 6.45) is 3.78. The number of hydrogen-bond acceptors (Lipinski definition) is 6. The van der Waals surface area contributed by atoms with Gasteiger partial charge in [0, 0.05) is 43.9 Å². The van der Waals surface area contributed by atoms with Crippen LogP contribution in [0.3, 0.4) is 0 Å². The topological polar surface area (TPSA) is 77.3 Å². The Morgan fingerprint density at radius 3 is 2.52 bits per heavy atom. The molecule has 0 unspecified atom stereocenters. The molecule has 5 rings (SSSR count). The number of rotatable bonds is 9. The number of amides is 1. The van der Waals surface area contributed by atoms with Crippen molar-refractivity contribution < 1.29 is 19.0 Å². The highest BCUT2D eigenvalue weighted by Crippen LogP contribution is 2.40. The molecule has 2 atom stereocenters. The molecular weight excluding hydrogens is 418 g/mol. The number of benzene rings is 2. The zero-order valence-corrected chi connectivity index (χ0v) is 19.2. The van der Waals surface area contributed by atoms with E-state index >= 15 is 0 Å². The number of hydrogen-bond donors (Lipinski definition) is 1. The van der Waals surface area contributed by atoms with Gasteiger partial charge in [0.2, 0.25) is 0 Å². The van der Waals surface area contributed by atoms with Gasteiger partial charge in [-0.2, -0.15) is 0 Å². The van der Waals surface area contributed by atoms with E-state index in [0.717, 1.165) is 37.5 Å². The van der Waals surface area contributed by atoms with Crippen LogP contribution in [0.1, 0.15) is 37.2 Å². The minimum atomic E-state index is -0.467. The van der Waals surface area contributed by atoms with E-state index in [4.69, 9.17) is 19.9 Å².